The summed E-state index contributed by atoms with van der Waals surface area (Å²) < 4.78 is 38.2. The lowest BCUT2D eigenvalue weighted by Gasteiger charge is -2.23. The van der Waals surface area contributed by atoms with Crippen LogP contribution in [0.3, 0.4) is 0 Å². The van der Waals surface area contributed by atoms with Gasteiger partial charge in [0, 0.05) is 5.02 Å². The van der Waals surface area contributed by atoms with Gasteiger partial charge in [0.15, 0.2) is 0 Å². The van der Waals surface area contributed by atoms with E-state index in [4.69, 9.17) is 11.6 Å². The van der Waals surface area contributed by atoms with Gasteiger partial charge in [-0.25, -0.2) is 18.2 Å². The Bertz CT molecular complexity index is 976. The Hall–Kier alpha value is -2.45. The number of rotatable bonds is 6. The molecule has 0 aliphatic carbocycles. The predicted molar refractivity (Wildman–Crippen MR) is 105 cm³/mol. The second-order valence-corrected chi connectivity index (χ2v) is 8.28. The Morgan fingerprint density at radius 3 is 2.44 bits per heavy atom. The molecule has 1 N–H and O–H groups in total. The third kappa shape index (κ3) is 5.77. The first kappa shape index (κ1) is 20.9. The Kier molecular flexibility index (Phi) is 6.56. The zero-order chi connectivity index (χ0) is 20.2. The molecule has 0 heterocycles. The highest BCUT2D eigenvalue weighted by molar-refractivity contribution is 7.92. The normalized spacial score (nSPS) is 12.0. The van der Waals surface area contributed by atoms with E-state index in [1.54, 1.807) is 26.0 Å². The lowest BCUT2D eigenvalue weighted by Crippen LogP contribution is -2.39. The van der Waals surface area contributed by atoms with Crippen LogP contribution < -0.4 is 9.73 Å². The Balaban J connectivity index is 2.18. The number of hydrogen-bond donors (Lipinski definition) is 1. The molecule has 0 bridgehead atoms. The summed E-state index contributed by atoms with van der Waals surface area (Å²) >= 11 is 5.96. The van der Waals surface area contributed by atoms with E-state index in [1.165, 1.54) is 30.3 Å². The average Bonchev–Trinajstić information content (AvgIpc) is 2.59. The van der Waals surface area contributed by atoms with E-state index in [0.29, 0.717) is 27.5 Å². The molecule has 2 rings (SSSR count). The van der Waals surface area contributed by atoms with Gasteiger partial charge in [-0.3, -0.25) is 9.10 Å². The smallest absolute Gasteiger partial charge is 0.260 e. The van der Waals surface area contributed by atoms with E-state index < -0.39 is 22.5 Å². The number of nitrogens with one attached hydrogen (secondary N) is 1. The van der Waals surface area contributed by atoms with E-state index in [1.807, 2.05) is 0 Å². The summed E-state index contributed by atoms with van der Waals surface area (Å²) in [5, 5.41) is 4.30. The van der Waals surface area contributed by atoms with Gasteiger partial charge in [0.2, 0.25) is 10.0 Å². The molecule has 0 spiro atoms. The van der Waals surface area contributed by atoms with Gasteiger partial charge in [-0.15, -0.1) is 0 Å². The van der Waals surface area contributed by atoms with Crippen LogP contribution in [-0.2, 0) is 14.8 Å². The Labute approximate surface area is 162 Å². The van der Waals surface area contributed by atoms with E-state index in [2.05, 4.69) is 10.5 Å². The van der Waals surface area contributed by atoms with Crippen molar-refractivity contribution in [3.63, 3.8) is 0 Å². The number of anilines is 1. The number of hydrazone groups is 1. The first-order chi connectivity index (χ1) is 12.6. The largest absolute Gasteiger partial charge is 0.271 e. The topological polar surface area (TPSA) is 78.8 Å². The van der Waals surface area contributed by atoms with Crippen molar-refractivity contribution >= 4 is 38.9 Å². The lowest BCUT2D eigenvalue weighted by atomic mass is 10.1. The quantitative estimate of drug-likeness (QED) is 0.586. The molecule has 0 unspecified atom stereocenters. The third-order valence-corrected chi connectivity index (χ3v) is 5.10. The minimum atomic E-state index is -3.72. The fourth-order valence-electron chi connectivity index (χ4n) is 2.30. The molecule has 0 saturated heterocycles. The molecule has 0 fully saturated rings. The van der Waals surface area contributed by atoms with Crippen LogP contribution in [-0.4, -0.2) is 32.8 Å². The predicted octanol–water partition coefficient (Wildman–Crippen LogP) is 3.09. The van der Waals surface area contributed by atoms with Crippen molar-refractivity contribution in [1.29, 1.82) is 0 Å². The number of hydrogen-bond acceptors (Lipinski definition) is 4. The van der Waals surface area contributed by atoms with Crippen molar-refractivity contribution in [2.75, 3.05) is 17.1 Å². The van der Waals surface area contributed by atoms with Crippen LogP contribution in [0.1, 0.15) is 18.1 Å². The summed E-state index contributed by atoms with van der Waals surface area (Å²) in [5.74, 6) is -1.00. The van der Waals surface area contributed by atoms with E-state index in [0.717, 1.165) is 10.6 Å². The number of sulfonamides is 1. The summed E-state index contributed by atoms with van der Waals surface area (Å²) in [7, 11) is -3.72. The standard InChI is InChI=1S/C18H19ClFN3O3S/c1-12-4-7-15(19)10-17(12)23(27(3,25)26)11-18(24)22-21-13(2)14-5-8-16(20)9-6-14/h4-10H,11H2,1-3H3,(H,22,24)/b21-13-. The SMILES string of the molecule is C/C(=N/NC(=O)CN(c1cc(Cl)ccc1C)S(C)(=O)=O)c1ccc(F)cc1. The molecule has 0 radical (unpaired) electrons. The highest BCUT2D eigenvalue weighted by Gasteiger charge is 2.22. The minimum Gasteiger partial charge on any atom is -0.271 e. The number of halogens is 2. The lowest BCUT2D eigenvalue weighted by molar-refractivity contribution is -0.119. The summed E-state index contributed by atoms with van der Waals surface area (Å²) in [4.78, 5) is 12.2. The fraction of sp³-hybridized carbons (Fsp3) is 0.222. The van der Waals surface area contributed by atoms with Gasteiger partial charge >= 0.3 is 0 Å². The summed E-state index contributed by atoms with van der Waals surface area (Å²) in [5.41, 5.74) is 4.37. The number of aryl methyl sites for hydroxylation is 1. The van der Waals surface area contributed by atoms with Gasteiger partial charge in [-0.1, -0.05) is 29.8 Å². The Morgan fingerprint density at radius 2 is 1.85 bits per heavy atom. The monoisotopic (exact) mass is 411 g/mol. The minimum absolute atomic E-state index is 0.319. The summed E-state index contributed by atoms with van der Waals surface area (Å²) in [6, 6.07) is 10.4. The van der Waals surface area contributed by atoms with E-state index >= 15 is 0 Å². The van der Waals surface area contributed by atoms with Crippen molar-refractivity contribution in [1.82, 2.24) is 5.43 Å². The van der Waals surface area contributed by atoms with Crippen molar-refractivity contribution in [2.24, 2.45) is 5.10 Å². The van der Waals surface area contributed by atoms with Crippen molar-refractivity contribution < 1.29 is 17.6 Å². The molecule has 0 aliphatic rings. The molecule has 27 heavy (non-hydrogen) atoms. The molecule has 9 heteroatoms. The average molecular weight is 412 g/mol. The second kappa shape index (κ2) is 8.49. The maximum absolute atomic E-state index is 13.0. The number of benzene rings is 2. The molecule has 144 valence electrons. The van der Waals surface area contributed by atoms with Crippen molar-refractivity contribution in [3.05, 3.63) is 64.4 Å². The van der Waals surface area contributed by atoms with Gasteiger partial charge in [0.05, 0.1) is 17.7 Å². The number of carbonyl (C=O) groups is 1. The maximum atomic E-state index is 13.0. The molecule has 0 atom stereocenters. The van der Waals surface area contributed by atoms with Crippen LogP contribution in [0.15, 0.2) is 47.6 Å². The highest BCUT2D eigenvalue weighted by Crippen LogP contribution is 2.26. The summed E-state index contributed by atoms with van der Waals surface area (Å²) in [6.07, 6.45) is 1.01. The van der Waals surface area contributed by atoms with Crippen LogP contribution in [0, 0.1) is 12.7 Å². The van der Waals surface area contributed by atoms with E-state index in [9.17, 15) is 17.6 Å². The van der Waals surface area contributed by atoms with Crippen LogP contribution >= 0.6 is 11.6 Å². The molecule has 6 nitrogen and oxygen atoms in total. The zero-order valence-electron chi connectivity index (χ0n) is 15.0. The molecule has 2 aromatic carbocycles. The molecular formula is C18H19ClFN3O3S. The van der Waals surface area contributed by atoms with Gasteiger partial charge in [-0.05, 0) is 49.2 Å². The molecule has 0 saturated carbocycles. The van der Waals surface area contributed by atoms with E-state index in [-0.39, 0.29) is 5.82 Å². The highest BCUT2D eigenvalue weighted by atomic mass is 35.5. The molecule has 1 amide bonds. The Morgan fingerprint density at radius 1 is 1.22 bits per heavy atom. The molecule has 0 aliphatic heterocycles. The van der Waals surface area contributed by atoms with Gasteiger partial charge in [-0.2, -0.15) is 5.10 Å². The van der Waals surface area contributed by atoms with Crippen LogP contribution in [0.4, 0.5) is 10.1 Å². The number of nitrogens with zero attached hydrogens (tertiary/aromatic N) is 2. The third-order valence-electron chi connectivity index (χ3n) is 3.74. The van der Waals surface area contributed by atoms with Gasteiger partial charge in [0.25, 0.3) is 5.91 Å². The number of carbonyl (C=O) groups excluding carboxylic acids is 1. The molecule has 0 aromatic heterocycles. The van der Waals surface area contributed by atoms with Crippen LogP contribution in [0.5, 0.6) is 0 Å². The van der Waals surface area contributed by atoms with Gasteiger partial charge < -0.3 is 0 Å². The first-order valence-electron chi connectivity index (χ1n) is 7.91. The second-order valence-electron chi connectivity index (χ2n) is 5.94. The zero-order valence-corrected chi connectivity index (χ0v) is 16.6. The fourth-order valence-corrected chi connectivity index (χ4v) is 3.37. The van der Waals surface area contributed by atoms with Crippen molar-refractivity contribution in [3.8, 4) is 0 Å². The molecular weight excluding hydrogens is 393 g/mol. The van der Waals surface area contributed by atoms with Gasteiger partial charge in [0.1, 0.15) is 12.4 Å². The summed E-state index contributed by atoms with van der Waals surface area (Å²) in [6.45, 7) is 2.90. The first-order valence-corrected chi connectivity index (χ1v) is 10.1. The van der Waals surface area contributed by atoms with Crippen molar-refractivity contribution in [2.45, 2.75) is 13.8 Å². The molecule has 2 aromatic rings. The van der Waals surface area contributed by atoms with Crippen LogP contribution in [0.25, 0.3) is 0 Å². The number of amides is 1. The maximum Gasteiger partial charge on any atom is 0.260 e. The van der Waals surface area contributed by atoms with Crippen LogP contribution in [0.2, 0.25) is 5.02 Å².